The Morgan fingerprint density at radius 3 is 2.56 bits per heavy atom. The average molecular weight is 359 g/mol. The van der Waals surface area contributed by atoms with Crippen molar-refractivity contribution >= 4 is 35.2 Å². The lowest BCUT2D eigenvalue weighted by Crippen LogP contribution is -2.05. The van der Waals surface area contributed by atoms with Gasteiger partial charge in [-0.3, -0.25) is 10.1 Å². The van der Waals surface area contributed by atoms with Gasteiger partial charge >= 0.3 is 5.97 Å². The SMILES string of the molecule is COc1ccc(/C=C2\N=C(c3ccc([N+](=O)[O-])cc3)OC2=O)cc1Cl. The Morgan fingerprint density at radius 1 is 1.24 bits per heavy atom. The second-order valence-corrected chi connectivity index (χ2v) is 5.44. The molecule has 1 aliphatic rings. The van der Waals surface area contributed by atoms with Crippen molar-refractivity contribution in [2.75, 3.05) is 7.11 Å². The summed E-state index contributed by atoms with van der Waals surface area (Å²) in [5.74, 6) is -0.000986. The maximum atomic E-state index is 12.0. The van der Waals surface area contributed by atoms with Gasteiger partial charge in [0.2, 0.25) is 5.90 Å². The van der Waals surface area contributed by atoms with Gasteiger partial charge in [0, 0.05) is 17.7 Å². The van der Waals surface area contributed by atoms with Crippen LogP contribution in [-0.4, -0.2) is 23.9 Å². The van der Waals surface area contributed by atoms with Crippen LogP contribution in [0.5, 0.6) is 5.75 Å². The highest BCUT2D eigenvalue weighted by Crippen LogP contribution is 2.27. The monoisotopic (exact) mass is 358 g/mol. The van der Waals surface area contributed by atoms with Crippen molar-refractivity contribution in [3.63, 3.8) is 0 Å². The van der Waals surface area contributed by atoms with Crippen LogP contribution in [0.15, 0.2) is 53.2 Å². The molecule has 0 fully saturated rings. The van der Waals surface area contributed by atoms with Gasteiger partial charge in [-0.25, -0.2) is 9.79 Å². The van der Waals surface area contributed by atoms with Crippen molar-refractivity contribution < 1.29 is 19.2 Å². The molecule has 126 valence electrons. The number of carbonyl (C=O) groups is 1. The van der Waals surface area contributed by atoms with Crippen LogP contribution in [0, 0.1) is 10.1 Å². The fraction of sp³-hybridized carbons (Fsp3) is 0.0588. The molecule has 3 rings (SSSR count). The Bertz CT molecular complexity index is 919. The number of nitro groups is 1. The third kappa shape index (κ3) is 3.51. The van der Waals surface area contributed by atoms with Gasteiger partial charge in [0.1, 0.15) is 5.75 Å². The zero-order chi connectivity index (χ0) is 18.0. The Balaban J connectivity index is 1.89. The van der Waals surface area contributed by atoms with Gasteiger partial charge in [-0.2, -0.15) is 0 Å². The first-order valence-electron chi connectivity index (χ1n) is 7.09. The smallest absolute Gasteiger partial charge is 0.363 e. The highest BCUT2D eigenvalue weighted by Gasteiger charge is 2.24. The molecule has 0 bridgehead atoms. The van der Waals surface area contributed by atoms with E-state index in [0.717, 1.165) is 0 Å². The fourth-order valence-corrected chi connectivity index (χ4v) is 2.45. The zero-order valence-electron chi connectivity index (χ0n) is 12.9. The number of hydrogen-bond acceptors (Lipinski definition) is 6. The van der Waals surface area contributed by atoms with Crippen molar-refractivity contribution in [3.8, 4) is 5.75 Å². The predicted octanol–water partition coefficient (Wildman–Crippen LogP) is 3.60. The fourth-order valence-electron chi connectivity index (χ4n) is 2.19. The largest absolute Gasteiger partial charge is 0.495 e. The molecule has 0 unspecified atom stereocenters. The second kappa shape index (κ2) is 6.74. The first-order valence-corrected chi connectivity index (χ1v) is 7.46. The summed E-state index contributed by atoms with van der Waals surface area (Å²) < 4.78 is 10.2. The molecule has 2 aromatic rings. The molecular formula is C17H11ClN2O5. The van der Waals surface area contributed by atoms with Crippen molar-refractivity contribution in [1.29, 1.82) is 0 Å². The summed E-state index contributed by atoms with van der Waals surface area (Å²) in [5, 5.41) is 11.1. The maximum Gasteiger partial charge on any atom is 0.363 e. The molecule has 1 aliphatic heterocycles. The van der Waals surface area contributed by atoms with Gasteiger partial charge < -0.3 is 9.47 Å². The number of hydrogen-bond donors (Lipinski definition) is 0. The average Bonchev–Trinajstić information content (AvgIpc) is 2.96. The number of benzene rings is 2. The molecule has 0 saturated carbocycles. The number of nitrogens with zero attached hydrogens (tertiary/aromatic N) is 2. The molecule has 0 amide bonds. The number of rotatable bonds is 4. The number of non-ortho nitro benzene ring substituents is 1. The molecule has 1 heterocycles. The first kappa shape index (κ1) is 16.7. The minimum absolute atomic E-state index is 0.0580. The van der Waals surface area contributed by atoms with E-state index in [0.29, 0.717) is 21.9 Å². The summed E-state index contributed by atoms with van der Waals surface area (Å²) in [7, 11) is 1.51. The maximum absolute atomic E-state index is 12.0. The predicted molar refractivity (Wildman–Crippen MR) is 91.7 cm³/mol. The number of carbonyl (C=O) groups excluding carboxylic acids is 1. The van der Waals surface area contributed by atoms with Crippen LogP contribution in [0.2, 0.25) is 5.02 Å². The second-order valence-electron chi connectivity index (χ2n) is 5.03. The highest BCUT2D eigenvalue weighted by atomic mass is 35.5. The van der Waals surface area contributed by atoms with Gasteiger partial charge in [-0.05, 0) is 35.9 Å². The summed E-state index contributed by atoms with van der Waals surface area (Å²) in [6.45, 7) is 0. The van der Waals surface area contributed by atoms with E-state index >= 15 is 0 Å². The van der Waals surface area contributed by atoms with E-state index in [-0.39, 0.29) is 17.3 Å². The first-order chi connectivity index (χ1) is 12.0. The van der Waals surface area contributed by atoms with Crippen LogP contribution in [0.4, 0.5) is 5.69 Å². The molecule has 7 nitrogen and oxygen atoms in total. The molecule has 25 heavy (non-hydrogen) atoms. The van der Waals surface area contributed by atoms with E-state index in [1.165, 1.54) is 37.5 Å². The van der Waals surface area contributed by atoms with Crippen molar-refractivity contribution in [1.82, 2.24) is 0 Å². The molecule has 0 radical (unpaired) electrons. The Morgan fingerprint density at radius 2 is 1.96 bits per heavy atom. The molecule has 8 heteroatoms. The van der Waals surface area contributed by atoms with Crippen LogP contribution in [0.25, 0.3) is 6.08 Å². The van der Waals surface area contributed by atoms with Crippen LogP contribution >= 0.6 is 11.6 Å². The number of methoxy groups -OCH3 is 1. The van der Waals surface area contributed by atoms with Crippen molar-refractivity contribution in [3.05, 3.63) is 74.4 Å². The number of aliphatic imine (C=N–C) groups is 1. The van der Waals surface area contributed by atoms with Crippen molar-refractivity contribution in [2.24, 2.45) is 4.99 Å². The van der Waals surface area contributed by atoms with E-state index in [2.05, 4.69) is 4.99 Å². The summed E-state index contributed by atoms with van der Waals surface area (Å²) >= 11 is 6.05. The molecule has 0 aliphatic carbocycles. The quantitative estimate of drug-likeness (QED) is 0.360. The summed E-state index contributed by atoms with van der Waals surface area (Å²) in [5.41, 5.74) is 1.17. The minimum atomic E-state index is -0.611. The zero-order valence-corrected chi connectivity index (χ0v) is 13.7. The number of esters is 1. The van der Waals surface area contributed by atoms with E-state index in [9.17, 15) is 14.9 Å². The number of ether oxygens (including phenoxy) is 2. The van der Waals surface area contributed by atoms with Gasteiger partial charge in [0.05, 0.1) is 17.1 Å². The van der Waals surface area contributed by atoms with E-state index in [1.807, 2.05) is 0 Å². The Hall–Kier alpha value is -3.19. The summed E-state index contributed by atoms with van der Waals surface area (Å²) in [6, 6.07) is 10.6. The molecule has 0 aromatic heterocycles. The number of halogens is 1. The molecular weight excluding hydrogens is 348 g/mol. The molecule has 0 N–H and O–H groups in total. The number of nitro benzene ring substituents is 1. The van der Waals surface area contributed by atoms with Gasteiger partial charge in [-0.15, -0.1) is 0 Å². The third-order valence-electron chi connectivity index (χ3n) is 3.42. The van der Waals surface area contributed by atoms with Crippen LogP contribution < -0.4 is 4.74 Å². The molecule has 0 atom stereocenters. The Labute approximate surface area is 147 Å². The standard InChI is InChI=1S/C17H11ClN2O5/c1-24-15-7-2-10(8-13(15)18)9-14-17(21)25-16(19-14)11-3-5-12(6-4-11)20(22)23/h2-9H,1H3/b14-9-. The number of cyclic esters (lactones) is 1. The molecule has 0 spiro atoms. The minimum Gasteiger partial charge on any atom is -0.495 e. The van der Waals surface area contributed by atoms with Crippen LogP contribution in [0.3, 0.4) is 0 Å². The molecule has 0 saturated heterocycles. The van der Waals surface area contributed by atoms with E-state index in [1.54, 1.807) is 18.2 Å². The molecule has 2 aromatic carbocycles. The summed E-state index contributed by atoms with van der Waals surface area (Å²) in [4.78, 5) is 26.3. The van der Waals surface area contributed by atoms with Gasteiger partial charge in [-0.1, -0.05) is 17.7 Å². The summed E-state index contributed by atoms with van der Waals surface area (Å²) in [6.07, 6.45) is 1.53. The highest BCUT2D eigenvalue weighted by molar-refractivity contribution is 6.32. The lowest BCUT2D eigenvalue weighted by Gasteiger charge is -2.03. The van der Waals surface area contributed by atoms with Gasteiger partial charge in [0.15, 0.2) is 5.70 Å². The van der Waals surface area contributed by atoms with Crippen molar-refractivity contribution in [2.45, 2.75) is 0 Å². The normalized spacial score (nSPS) is 15.0. The topological polar surface area (TPSA) is 91.0 Å². The van der Waals surface area contributed by atoms with Crippen LogP contribution in [0.1, 0.15) is 11.1 Å². The van der Waals surface area contributed by atoms with E-state index < -0.39 is 10.9 Å². The third-order valence-corrected chi connectivity index (χ3v) is 3.72. The van der Waals surface area contributed by atoms with E-state index in [4.69, 9.17) is 21.1 Å². The lowest BCUT2D eigenvalue weighted by molar-refractivity contribution is -0.384. The van der Waals surface area contributed by atoms with Gasteiger partial charge in [0.25, 0.3) is 5.69 Å². The lowest BCUT2D eigenvalue weighted by atomic mass is 10.2. The van der Waals surface area contributed by atoms with Crippen LogP contribution in [-0.2, 0) is 9.53 Å². The Kier molecular flexibility index (Phi) is 4.49.